The summed E-state index contributed by atoms with van der Waals surface area (Å²) in [5.74, 6) is -0.515. The maximum Gasteiger partial charge on any atom is 0.163 e. The fourth-order valence-corrected chi connectivity index (χ4v) is 3.12. The highest BCUT2D eigenvalue weighted by Gasteiger charge is 2.30. The molecular formula is C16H20F2N2O. The molecule has 21 heavy (non-hydrogen) atoms. The fraction of sp³-hybridized carbons (Fsp3) is 0.562. The van der Waals surface area contributed by atoms with Gasteiger partial charge in [0.15, 0.2) is 6.10 Å². The summed E-state index contributed by atoms with van der Waals surface area (Å²) in [6, 6.07) is 3.89. The van der Waals surface area contributed by atoms with Gasteiger partial charge < -0.3 is 9.74 Å². The lowest BCUT2D eigenvalue weighted by molar-refractivity contribution is 0.0799. The zero-order valence-corrected chi connectivity index (χ0v) is 12.2. The van der Waals surface area contributed by atoms with Crippen molar-refractivity contribution in [2.24, 2.45) is 11.1 Å². The normalized spacial score (nSPS) is 24.0. The third-order valence-electron chi connectivity index (χ3n) is 4.41. The van der Waals surface area contributed by atoms with Gasteiger partial charge in [0.1, 0.15) is 11.6 Å². The van der Waals surface area contributed by atoms with E-state index in [1.807, 2.05) is 0 Å². The van der Waals surface area contributed by atoms with Crippen LogP contribution in [-0.4, -0.2) is 30.7 Å². The third-order valence-corrected chi connectivity index (χ3v) is 4.41. The van der Waals surface area contributed by atoms with Crippen LogP contribution in [-0.2, 0) is 4.84 Å². The Labute approximate surface area is 123 Å². The van der Waals surface area contributed by atoms with Gasteiger partial charge in [0.05, 0.1) is 11.3 Å². The van der Waals surface area contributed by atoms with E-state index in [9.17, 15) is 8.78 Å². The van der Waals surface area contributed by atoms with Crippen molar-refractivity contribution in [2.45, 2.75) is 31.8 Å². The van der Waals surface area contributed by atoms with Crippen LogP contribution in [0.15, 0.2) is 23.4 Å². The molecule has 2 heterocycles. The number of likely N-dealkylation sites (tertiary alicyclic amines) is 1. The first-order valence-corrected chi connectivity index (χ1v) is 7.47. The summed E-state index contributed by atoms with van der Waals surface area (Å²) >= 11 is 0. The van der Waals surface area contributed by atoms with Crippen LogP contribution in [0.5, 0.6) is 0 Å². The average Bonchev–Trinajstić information content (AvgIpc) is 2.89. The molecule has 0 N–H and O–H groups in total. The molecule has 114 valence electrons. The average molecular weight is 294 g/mol. The van der Waals surface area contributed by atoms with Crippen molar-refractivity contribution in [1.29, 1.82) is 0 Å². The van der Waals surface area contributed by atoms with E-state index in [2.05, 4.69) is 17.1 Å². The second kappa shape index (κ2) is 6.10. The van der Waals surface area contributed by atoms with Crippen LogP contribution < -0.4 is 0 Å². The molecule has 0 aliphatic carbocycles. The number of hydrogen-bond acceptors (Lipinski definition) is 3. The lowest BCUT2D eigenvalue weighted by Gasteiger charge is -2.28. The molecular weight excluding hydrogens is 274 g/mol. The van der Waals surface area contributed by atoms with Gasteiger partial charge in [-0.1, -0.05) is 11.2 Å². The van der Waals surface area contributed by atoms with Crippen molar-refractivity contribution < 1.29 is 13.6 Å². The Bertz CT molecular complexity index is 519. The standard InChI is InChI=1S/C16H20F2N2O/c1-20-7-5-11(6-8-20)9-12-10-15(21-19-12)16-13(17)3-2-4-14(16)18/h2-4,11,15H,5-10H2,1H3. The van der Waals surface area contributed by atoms with E-state index >= 15 is 0 Å². The first kappa shape index (κ1) is 14.4. The molecule has 3 rings (SSSR count). The van der Waals surface area contributed by atoms with Crippen LogP contribution >= 0.6 is 0 Å². The molecule has 0 amide bonds. The molecule has 2 aliphatic heterocycles. The largest absolute Gasteiger partial charge is 0.387 e. The summed E-state index contributed by atoms with van der Waals surface area (Å²) in [5.41, 5.74) is 0.928. The molecule has 1 fully saturated rings. The van der Waals surface area contributed by atoms with Crippen LogP contribution in [0.3, 0.4) is 0 Å². The van der Waals surface area contributed by atoms with Crippen molar-refractivity contribution in [1.82, 2.24) is 4.90 Å². The van der Waals surface area contributed by atoms with Gasteiger partial charge in [0, 0.05) is 6.42 Å². The highest BCUT2D eigenvalue weighted by Crippen LogP contribution is 2.33. The lowest BCUT2D eigenvalue weighted by Crippen LogP contribution is -2.31. The third kappa shape index (κ3) is 3.23. The summed E-state index contributed by atoms with van der Waals surface area (Å²) in [6.45, 7) is 2.20. The van der Waals surface area contributed by atoms with Crippen molar-refractivity contribution in [3.05, 3.63) is 35.4 Å². The summed E-state index contributed by atoms with van der Waals surface area (Å²) < 4.78 is 27.5. The number of halogens is 2. The quantitative estimate of drug-likeness (QED) is 0.852. The van der Waals surface area contributed by atoms with Crippen LogP contribution in [0.2, 0.25) is 0 Å². The van der Waals surface area contributed by atoms with Gasteiger partial charge in [0.2, 0.25) is 0 Å². The predicted molar refractivity (Wildman–Crippen MR) is 77.1 cm³/mol. The topological polar surface area (TPSA) is 24.8 Å². The van der Waals surface area contributed by atoms with Gasteiger partial charge in [-0.25, -0.2) is 8.78 Å². The van der Waals surface area contributed by atoms with E-state index < -0.39 is 17.7 Å². The van der Waals surface area contributed by atoms with E-state index in [1.54, 1.807) is 0 Å². The molecule has 5 heteroatoms. The molecule has 0 spiro atoms. The maximum absolute atomic E-state index is 13.8. The Morgan fingerprint density at radius 1 is 1.24 bits per heavy atom. The molecule has 1 saturated heterocycles. The van der Waals surface area contributed by atoms with Crippen molar-refractivity contribution in [3.8, 4) is 0 Å². The van der Waals surface area contributed by atoms with E-state index in [4.69, 9.17) is 4.84 Å². The van der Waals surface area contributed by atoms with Gasteiger partial charge in [-0.15, -0.1) is 0 Å². The molecule has 0 bridgehead atoms. The molecule has 3 nitrogen and oxygen atoms in total. The lowest BCUT2D eigenvalue weighted by atomic mass is 9.89. The summed E-state index contributed by atoms with van der Waals surface area (Å²) in [5, 5.41) is 4.06. The van der Waals surface area contributed by atoms with Crippen molar-refractivity contribution >= 4 is 5.71 Å². The van der Waals surface area contributed by atoms with Gasteiger partial charge in [-0.05, 0) is 57.5 Å². The van der Waals surface area contributed by atoms with Crippen LogP contribution in [0.25, 0.3) is 0 Å². The number of rotatable bonds is 3. The van der Waals surface area contributed by atoms with Gasteiger partial charge >= 0.3 is 0 Å². The minimum Gasteiger partial charge on any atom is -0.387 e. The molecule has 0 radical (unpaired) electrons. The van der Waals surface area contributed by atoms with E-state index in [0.29, 0.717) is 12.3 Å². The maximum atomic E-state index is 13.8. The highest BCUT2D eigenvalue weighted by atomic mass is 19.1. The van der Waals surface area contributed by atoms with Gasteiger partial charge in [0.25, 0.3) is 0 Å². The van der Waals surface area contributed by atoms with Crippen molar-refractivity contribution in [2.75, 3.05) is 20.1 Å². The fourth-order valence-electron chi connectivity index (χ4n) is 3.12. The number of nitrogens with zero attached hydrogens (tertiary/aromatic N) is 2. The van der Waals surface area contributed by atoms with E-state index in [-0.39, 0.29) is 5.56 Å². The molecule has 1 aromatic carbocycles. The smallest absolute Gasteiger partial charge is 0.163 e. The van der Waals surface area contributed by atoms with Crippen LogP contribution in [0.1, 0.15) is 37.4 Å². The second-order valence-electron chi connectivity index (χ2n) is 6.04. The second-order valence-corrected chi connectivity index (χ2v) is 6.04. The molecule has 1 atom stereocenters. The molecule has 1 aromatic rings. The summed E-state index contributed by atoms with van der Waals surface area (Å²) in [7, 11) is 2.13. The first-order valence-electron chi connectivity index (χ1n) is 7.47. The predicted octanol–water partition coefficient (Wildman–Crippen LogP) is 3.51. The number of benzene rings is 1. The monoisotopic (exact) mass is 294 g/mol. The van der Waals surface area contributed by atoms with Crippen LogP contribution in [0.4, 0.5) is 8.78 Å². The highest BCUT2D eigenvalue weighted by molar-refractivity contribution is 5.85. The molecule has 0 saturated carbocycles. The van der Waals surface area contributed by atoms with E-state index in [0.717, 1.165) is 38.1 Å². The van der Waals surface area contributed by atoms with Gasteiger partial charge in [-0.3, -0.25) is 0 Å². The zero-order chi connectivity index (χ0) is 14.8. The van der Waals surface area contributed by atoms with Crippen molar-refractivity contribution in [3.63, 3.8) is 0 Å². The first-order chi connectivity index (χ1) is 10.1. The molecule has 2 aliphatic rings. The minimum absolute atomic E-state index is 0.000345. The minimum atomic E-state index is -0.618. The Kier molecular flexibility index (Phi) is 4.19. The summed E-state index contributed by atoms with van der Waals surface area (Å²) in [4.78, 5) is 7.59. The van der Waals surface area contributed by atoms with Crippen LogP contribution in [0, 0.1) is 17.6 Å². The Balaban J connectivity index is 1.60. The number of hydrogen-bond donors (Lipinski definition) is 0. The Morgan fingerprint density at radius 3 is 2.57 bits per heavy atom. The molecule has 1 unspecified atom stereocenters. The Morgan fingerprint density at radius 2 is 1.90 bits per heavy atom. The SMILES string of the molecule is CN1CCC(CC2=NOC(c3c(F)cccc3F)C2)CC1. The van der Waals surface area contributed by atoms with E-state index in [1.165, 1.54) is 18.2 Å². The Hall–Kier alpha value is -1.49. The number of oxime groups is 1. The number of piperidine rings is 1. The van der Waals surface area contributed by atoms with Gasteiger partial charge in [-0.2, -0.15) is 0 Å². The summed E-state index contributed by atoms with van der Waals surface area (Å²) in [6.07, 6.45) is 3.04. The molecule has 0 aromatic heterocycles. The zero-order valence-electron chi connectivity index (χ0n) is 12.2.